The number of benzene rings is 2. The summed E-state index contributed by atoms with van der Waals surface area (Å²) in [7, 11) is 0. The molecule has 2 aromatic rings. The standard InChI is InChI=1S/C19H24N4O2.ClH/c1-3-13(2)17(20)18(24)21-15-10-7-11-16(12-15)23-19(25)22-14-8-5-4-6-9-14;/h4-13,17H,3,20H2,1-2H3,(H,21,24)(H2,22,23,25);1H. The Hall–Kier alpha value is -2.57. The molecule has 0 fully saturated rings. The molecule has 26 heavy (non-hydrogen) atoms. The monoisotopic (exact) mass is 376 g/mol. The lowest BCUT2D eigenvalue weighted by Gasteiger charge is -2.18. The molecule has 0 heterocycles. The Morgan fingerprint density at radius 2 is 1.46 bits per heavy atom. The summed E-state index contributed by atoms with van der Waals surface area (Å²) < 4.78 is 0. The average Bonchev–Trinajstić information content (AvgIpc) is 2.61. The van der Waals surface area contributed by atoms with Gasteiger partial charge in [0.05, 0.1) is 6.04 Å². The highest BCUT2D eigenvalue weighted by Crippen LogP contribution is 2.17. The van der Waals surface area contributed by atoms with Crippen molar-refractivity contribution in [2.75, 3.05) is 16.0 Å². The minimum atomic E-state index is -0.567. The zero-order valence-electron chi connectivity index (χ0n) is 14.9. The topological polar surface area (TPSA) is 96.2 Å². The van der Waals surface area contributed by atoms with E-state index in [1.54, 1.807) is 36.4 Å². The van der Waals surface area contributed by atoms with Crippen LogP contribution < -0.4 is 21.7 Å². The Morgan fingerprint density at radius 1 is 0.923 bits per heavy atom. The van der Waals surface area contributed by atoms with Crippen molar-refractivity contribution >= 4 is 41.4 Å². The fourth-order valence-electron chi connectivity index (χ4n) is 2.23. The van der Waals surface area contributed by atoms with Gasteiger partial charge in [-0.15, -0.1) is 12.4 Å². The van der Waals surface area contributed by atoms with Crippen LogP contribution in [0, 0.1) is 5.92 Å². The smallest absolute Gasteiger partial charge is 0.323 e. The van der Waals surface area contributed by atoms with Gasteiger partial charge < -0.3 is 21.7 Å². The van der Waals surface area contributed by atoms with E-state index in [4.69, 9.17) is 5.73 Å². The molecule has 0 aliphatic rings. The molecule has 0 bridgehead atoms. The van der Waals surface area contributed by atoms with E-state index in [0.29, 0.717) is 17.1 Å². The first-order valence-electron chi connectivity index (χ1n) is 8.29. The Kier molecular flexibility index (Phi) is 8.61. The first-order chi connectivity index (χ1) is 12.0. The van der Waals surface area contributed by atoms with Crippen molar-refractivity contribution in [3.8, 4) is 0 Å². The van der Waals surface area contributed by atoms with Gasteiger partial charge in [-0.3, -0.25) is 4.79 Å². The maximum atomic E-state index is 12.2. The second kappa shape index (κ2) is 10.4. The molecule has 5 N–H and O–H groups in total. The van der Waals surface area contributed by atoms with Gasteiger partial charge >= 0.3 is 6.03 Å². The van der Waals surface area contributed by atoms with Gasteiger partial charge in [-0.1, -0.05) is 44.5 Å². The fraction of sp³-hybridized carbons (Fsp3) is 0.263. The predicted molar refractivity (Wildman–Crippen MR) is 109 cm³/mol. The van der Waals surface area contributed by atoms with Crippen LogP contribution in [-0.4, -0.2) is 18.0 Å². The van der Waals surface area contributed by atoms with E-state index in [2.05, 4.69) is 16.0 Å². The van der Waals surface area contributed by atoms with Crippen LogP contribution in [0.4, 0.5) is 21.9 Å². The Bertz CT molecular complexity index is 724. The second-order valence-corrected chi connectivity index (χ2v) is 5.93. The zero-order chi connectivity index (χ0) is 18.2. The van der Waals surface area contributed by atoms with Crippen molar-refractivity contribution in [2.45, 2.75) is 26.3 Å². The van der Waals surface area contributed by atoms with E-state index < -0.39 is 6.04 Å². The molecule has 140 valence electrons. The first-order valence-corrected chi connectivity index (χ1v) is 8.29. The highest BCUT2D eigenvalue weighted by Gasteiger charge is 2.19. The van der Waals surface area contributed by atoms with E-state index in [-0.39, 0.29) is 30.3 Å². The summed E-state index contributed by atoms with van der Waals surface area (Å²) in [6, 6.07) is 15.2. The lowest BCUT2D eigenvalue weighted by atomic mass is 9.99. The minimum absolute atomic E-state index is 0. The van der Waals surface area contributed by atoms with Crippen LogP contribution in [0.2, 0.25) is 0 Å². The summed E-state index contributed by atoms with van der Waals surface area (Å²) in [6.07, 6.45) is 0.829. The van der Waals surface area contributed by atoms with Crippen molar-refractivity contribution < 1.29 is 9.59 Å². The van der Waals surface area contributed by atoms with Crippen LogP contribution in [-0.2, 0) is 4.79 Å². The normalized spacial score (nSPS) is 12.3. The molecule has 0 aliphatic heterocycles. The van der Waals surface area contributed by atoms with Crippen molar-refractivity contribution in [2.24, 2.45) is 11.7 Å². The predicted octanol–water partition coefficient (Wildman–Crippen LogP) is 4.06. The minimum Gasteiger partial charge on any atom is -0.325 e. The maximum Gasteiger partial charge on any atom is 0.323 e. The van der Waals surface area contributed by atoms with E-state index in [1.807, 2.05) is 32.0 Å². The number of rotatable bonds is 6. The number of anilines is 3. The number of hydrogen-bond acceptors (Lipinski definition) is 3. The van der Waals surface area contributed by atoms with Crippen LogP contribution in [0.15, 0.2) is 54.6 Å². The van der Waals surface area contributed by atoms with Gasteiger partial charge in [0.2, 0.25) is 5.91 Å². The second-order valence-electron chi connectivity index (χ2n) is 5.93. The molecule has 0 radical (unpaired) electrons. The first kappa shape index (κ1) is 21.5. The number of nitrogens with one attached hydrogen (secondary N) is 3. The molecular weight excluding hydrogens is 352 g/mol. The summed E-state index contributed by atoms with van der Waals surface area (Å²) in [5.74, 6) is -0.141. The Labute approximate surface area is 160 Å². The molecule has 0 aliphatic carbocycles. The third-order valence-electron chi connectivity index (χ3n) is 3.98. The third kappa shape index (κ3) is 6.38. The largest absolute Gasteiger partial charge is 0.325 e. The van der Waals surface area contributed by atoms with Gasteiger partial charge in [-0.25, -0.2) is 4.79 Å². The lowest BCUT2D eigenvalue weighted by Crippen LogP contribution is -2.40. The van der Waals surface area contributed by atoms with Crippen LogP contribution in [0.25, 0.3) is 0 Å². The number of nitrogens with two attached hydrogens (primary N) is 1. The van der Waals surface area contributed by atoms with Crippen molar-refractivity contribution in [3.63, 3.8) is 0 Å². The molecule has 0 saturated carbocycles. The Morgan fingerprint density at radius 3 is 2.08 bits per heavy atom. The molecule has 6 nitrogen and oxygen atoms in total. The van der Waals surface area contributed by atoms with Gasteiger partial charge in [-0.2, -0.15) is 0 Å². The zero-order valence-corrected chi connectivity index (χ0v) is 15.7. The van der Waals surface area contributed by atoms with E-state index in [0.717, 1.165) is 6.42 Å². The molecule has 2 rings (SSSR count). The number of para-hydroxylation sites is 1. The van der Waals surface area contributed by atoms with E-state index >= 15 is 0 Å². The molecule has 2 unspecified atom stereocenters. The summed E-state index contributed by atoms with van der Waals surface area (Å²) in [6.45, 7) is 3.93. The maximum absolute atomic E-state index is 12.2. The van der Waals surface area contributed by atoms with Crippen LogP contribution in [0.3, 0.4) is 0 Å². The molecule has 7 heteroatoms. The van der Waals surface area contributed by atoms with Gasteiger partial charge in [-0.05, 0) is 36.2 Å². The fourth-order valence-corrected chi connectivity index (χ4v) is 2.23. The van der Waals surface area contributed by atoms with Crippen LogP contribution in [0.1, 0.15) is 20.3 Å². The number of carbonyl (C=O) groups is 2. The SMILES string of the molecule is CCC(C)C(N)C(=O)Nc1cccc(NC(=O)Nc2ccccc2)c1.Cl. The molecule has 0 saturated heterocycles. The molecule has 2 atom stereocenters. The summed E-state index contributed by atoms with van der Waals surface area (Å²) in [5, 5.41) is 8.25. The number of urea groups is 1. The average molecular weight is 377 g/mol. The summed E-state index contributed by atoms with van der Waals surface area (Å²) in [4.78, 5) is 24.2. The van der Waals surface area contributed by atoms with Gasteiger partial charge in [0.15, 0.2) is 0 Å². The van der Waals surface area contributed by atoms with E-state index in [9.17, 15) is 9.59 Å². The number of carbonyl (C=O) groups excluding carboxylic acids is 2. The molecule has 0 spiro atoms. The molecular formula is C19H25ClN4O2. The molecule has 3 amide bonds. The lowest BCUT2D eigenvalue weighted by molar-refractivity contribution is -0.118. The quantitative estimate of drug-likeness (QED) is 0.612. The highest BCUT2D eigenvalue weighted by atomic mass is 35.5. The summed E-state index contributed by atoms with van der Waals surface area (Å²) in [5.41, 5.74) is 7.79. The van der Waals surface area contributed by atoms with Gasteiger partial charge in [0.25, 0.3) is 0 Å². The molecule has 0 aromatic heterocycles. The van der Waals surface area contributed by atoms with Gasteiger partial charge in [0, 0.05) is 17.1 Å². The van der Waals surface area contributed by atoms with Crippen LogP contribution >= 0.6 is 12.4 Å². The van der Waals surface area contributed by atoms with Crippen molar-refractivity contribution in [1.82, 2.24) is 0 Å². The summed E-state index contributed by atoms with van der Waals surface area (Å²) >= 11 is 0. The number of hydrogen-bond donors (Lipinski definition) is 4. The van der Waals surface area contributed by atoms with Crippen molar-refractivity contribution in [1.29, 1.82) is 0 Å². The van der Waals surface area contributed by atoms with Crippen molar-refractivity contribution in [3.05, 3.63) is 54.6 Å². The van der Waals surface area contributed by atoms with Gasteiger partial charge in [0.1, 0.15) is 0 Å². The Balaban J connectivity index is 0.00000338. The molecule has 2 aromatic carbocycles. The van der Waals surface area contributed by atoms with E-state index in [1.165, 1.54) is 0 Å². The third-order valence-corrected chi connectivity index (χ3v) is 3.98. The van der Waals surface area contributed by atoms with Crippen LogP contribution in [0.5, 0.6) is 0 Å². The highest BCUT2D eigenvalue weighted by molar-refractivity contribution is 6.00. The number of halogens is 1. The number of amides is 3.